The summed E-state index contributed by atoms with van der Waals surface area (Å²) < 4.78 is 10.7. The van der Waals surface area contributed by atoms with Crippen molar-refractivity contribution in [3.63, 3.8) is 0 Å². The second kappa shape index (κ2) is 4.10. The van der Waals surface area contributed by atoms with E-state index in [1.165, 1.54) is 6.26 Å². The summed E-state index contributed by atoms with van der Waals surface area (Å²) >= 11 is 0. The summed E-state index contributed by atoms with van der Waals surface area (Å²) in [5.41, 5.74) is 1.45. The average molecular weight is 245 g/mol. The molecule has 2 N–H and O–H groups in total. The largest absolute Gasteiger partial charge is 0.478 e. The first-order chi connectivity index (χ1) is 8.75. The fourth-order valence-corrected chi connectivity index (χ4v) is 2.00. The Morgan fingerprint density at radius 2 is 2.11 bits per heavy atom. The van der Waals surface area contributed by atoms with Gasteiger partial charge in [-0.2, -0.15) is 0 Å². The summed E-state index contributed by atoms with van der Waals surface area (Å²) in [5.74, 6) is -0.783. The van der Waals surface area contributed by atoms with E-state index >= 15 is 0 Å². The van der Waals surface area contributed by atoms with Gasteiger partial charge in [-0.05, 0) is 5.56 Å². The third-order valence-corrected chi connectivity index (χ3v) is 2.86. The van der Waals surface area contributed by atoms with Gasteiger partial charge in [0.1, 0.15) is 18.1 Å². The number of benzene rings is 1. The average Bonchev–Trinajstić information content (AvgIpc) is 2.82. The monoisotopic (exact) mass is 245 g/mol. The van der Waals surface area contributed by atoms with E-state index in [4.69, 9.17) is 14.3 Å². The van der Waals surface area contributed by atoms with Crippen LogP contribution >= 0.6 is 0 Å². The number of carboxylic acids is 1. The third-order valence-electron chi connectivity index (χ3n) is 2.86. The Balaban J connectivity index is 1.89. The van der Waals surface area contributed by atoms with Gasteiger partial charge in [0.05, 0.1) is 6.54 Å². The summed E-state index contributed by atoms with van der Waals surface area (Å²) in [6.45, 7) is 0.511. The Morgan fingerprint density at radius 1 is 1.33 bits per heavy atom. The highest BCUT2D eigenvalue weighted by Gasteiger charge is 2.28. The SMILES string of the molecule is O=C(O)c1occ2c1NCC(c1ccccc1)O2. The van der Waals surface area contributed by atoms with E-state index in [1.807, 2.05) is 30.3 Å². The number of rotatable bonds is 2. The summed E-state index contributed by atoms with van der Waals surface area (Å²) in [4.78, 5) is 10.9. The normalized spacial score (nSPS) is 17.4. The Bertz CT molecular complexity index is 576. The highest BCUT2D eigenvalue weighted by molar-refractivity contribution is 5.93. The molecule has 0 fully saturated rings. The van der Waals surface area contributed by atoms with Crippen molar-refractivity contribution in [2.75, 3.05) is 11.9 Å². The van der Waals surface area contributed by atoms with Crippen LogP contribution in [0.4, 0.5) is 5.69 Å². The zero-order valence-corrected chi connectivity index (χ0v) is 9.42. The van der Waals surface area contributed by atoms with Gasteiger partial charge in [0.2, 0.25) is 5.76 Å². The Labute approximate surface area is 103 Å². The Hall–Kier alpha value is -2.43. The molecule has 5 nitrogen and oxygen atoms in total. The van der Waals surface area contributed by atoms with Crippen LogP contribution in [0.15, 0.2) is 41.0 Å². The molecule has 0 aliphatic carbocycles. The Kier molecular flexibility index (Phi) is 2.44. The molecule has 0 amide bonds. The zero-order chi connectivity index (χ0) is 12.5. The van der Waals surface area contributed by atoms with Crippen molar-refractivity contribution in [3.8, 4) is 5.75 Å². The molecule has 18 heavy (non-hydrogen) atoms. The molecule has 1 aliphatic heterocycles. The van der Waals surface area contributed by atoms with Crippen LogP contribution in [0.1, 0.15) is 22.2 Å². The van der Waals surface area contributed by atoms with Crippen LogP contribution in [0.3, 0.4) is 0 Å². The van der Waals surface area contributed by atoms with Crippen molar-refractivity contribution in [2.45, 2.75) is 6.10 Å². The molecule has 2 aromatic rings. The van der Waals surface area contributed by atoms with Gasteiger partial charge in [-0.25, -0.2) is 4.79 Å². The summed E-state index contributed by atoms with van der Waals surface area (Å²) in [6.07, 6.45) is 1.18. The first-order valence-corrected chi connectivity index (χ1v) is 5.56. The van der Waals surface area contributed by atoms with Crippen LogP contribution in [0, 0.1) is 0 Å². The number of nitrogens with one attached hydrogen (secondary N) is 1. The minimum Gasteiger partial charge on any atom is -0.478 e. The van der Waals surface area contributed by atoms with Crippen LogP contribution in [0.5, 0.6) is 5.75 Å². The molecule has 92 valence electrons. The molecule has 1 atom stereocenters. The zero-order valence-electron chi connectivity index (χ0n) is 9.42. The number of hydrogen-bond donors (Lipinski definition) is 2. The molecule has 0 radical (unpaired) electrons. The summed E-state index contributed by atoms with van der Waals surface area (Å²) in [7, 11) is 0. The molecule has 0 saturated carbocycles. The molecule has 1 aliphatic rings. The molecule has 1 unspecified atom stereocenters. The maximum atomic E-state index is 10.9. The van der Waals surface area contributed by atoms with E-state index in [1.54, 1.807) is 0 Å². The number of carboxylic acid groups (broad SMARTS) is 1. The van der Waals surface area contributed by atoms with Gasteiger partial charge < -0.3 is 19.6 Å². The molecule has 0 saturated heterocycles. The first kappa shape index (κ1) is 10.7. The molecular weight excluding hydrogens is 234 g/mol. The van der Waals surface area contributed by atoms with Gasteiger partial charge in [-0.1, -0.05) is 30.3 Å². The highest BCUT2D eigenvalue weighted by atomic mass is 16.5. The lowest BCUT2D eigenvalue weighted by atomic mass is 10.1. The lowest BCUT2D eigenvalue weighted by Gasteiger charge is -2.25. The topological polar surface area (TPSA) is 71.7 Å². The molecule has 2 heterocycles. The van der Waals surface area contributed by atoms with Gasteiger partial charge in [-0.15, -0.1) is 0 Å². The lowest BCUT2D eigenvalue weighted by Crippen LogP contribution is -2.23. The van der Waals surface area contributed by atoms with Crippen molar-refractivity contribution in [2.24, 2.45) is 0 Å². The molecule has 0 bridgehead atoms. The molecule has 0 spiro atoms. The van der Waals surface area contributed by atoms with Crippen molar-refractivity contribution in [3.05, 3.63) is 47.9 Å². The van der Waals surface area contributed by atoms with Gasteiger partial charge in [-0.3, -0.25) is 0 Å². The van der Waals surface area contributed by atoms with E-state index in [0.717, 1.165) is 5.56 Å². The number of furan rings is 1. The van der Waals surface area contributed by atoms with Crippen molar-refractivity contribution in [1.82, 2.24) is 0 Å². The van der Waals surface area contributed by atoms with Crippen molar-refractivity contribution < 1.29 is 19.1 Å². The molecule has 3 rings (SSSR count). The third kappa shape index (κ3) is 1.69. The van der Waals surface area contributed by atoms with Crippen LogP contribution < -0.4 is 10.1 Å². The molecule has 1 aromatic carbocycles. The number of ether oxygens (including phenoxy) is 1. The number of anilines is 1. The number of hydrogen-bond acceptors (Lipinski definition) is 4. The summed E-state index contributed by atoms with van der Waals surface area (Å²) in [6, 6.07) is 9.75. The van der Waals surface area contributed by atoms with Gasteiger partial charge >= 0.3 is 5.97 Å². The maximum absolute atomic E-state index is 10.9. The van der Waals surface area contributed by atoms with E-state index in [9.17, 15) is 4.79 Å². The smallest absolute Gasteiger partial charge is 0.374 e. The quantitative estimate of drug-likeness (QED) is 0.850. The van der Waals surface area contributed by atoms with E-state index in [-0.39, 0.29) is 11.9 Å². The van der Waals surface area contributed by atoms with Gasteiger partial charge in [0.25, 0.3) is 0 Å². The fraction of sp³-hybridized carbons (Fsp3) is 0.154. The first-order valence-electron chi connectivity index (χ1n) is 5.56. The minimum atomic E-state index is -1.11. The second-order valence-corrected chi connectivity index (χ2v) is 4.01. The standard InChI is InChI=1S/C13H11NO4/c15-13(16)12-11-10(7-17-12)18-9(6-14-11)8-4-2-1-3-5-8/h1-5,7,9,14H,6H2,(H,15,16). The van der Waals surface area contributed by atoms with E-state index in [0.29, 0.717) is 18.0 Å². The predicted molar refractivity (Wildman–Crippen MR) is 64.0 cm³/mol. The maximum Gasteiger partial charge on any atom is 0.374 e. The van der Waals surface area contributed by atoms with Crippen LogP contribution in [0.25, 0.3) is 0 Å². The molecule has 1 aromatic heterocycles. The molecular formula is C13H11NO4. The van der Waals surface area contributed by atoms with Crippen molar-refractivity contribution >= 4 is 11.7 Å². The molecule has 5 heteroatoms. The number of carbonyl (C=O) groups is 1. The van der Waals surface area contributed by atoms with Crippen LogP contribution in [-0.4, -0.2) is 17.6 Å². The van der Waals surface area contributed by atoms with Gasteiger partial charge in [0, 0.05) is 0 Å². The van der Waals surface area contributed by atoms with E-state index in [2.05, 4.69) is 5.32 Å². The van der Waals surface area contributed by atoms with Gasteiger partial charge in [0.15, 0.2) is 5.75 Å². The fourth-order valence-electron chi connectivity index (χ4n) is 2.00. The second-order valence-electron chi connectivity index (χ2n) is 4.01. The lowest BCUT2D eigenvalue weighted by molar-refractivity contribution is 0.0663. The highest BCUT2D eigenvalue weighted by Crippen LogP contribution is 2.38. The van der Waals surface area contributed by atoms with Crippen LogP contribution in [-0.2, 0) is 0 Å². The summed E-state index contributed by atoms with van der Waals surface area (Å²) in [5, 5.41) is 12.0. The Morgan fingerprint density at radius 3 is 2.83 bits per heavy atom. The van der Waals surface area contributed by atoms with Crippen LogP contribution in [0.2, 0.25) is 0 Å². The number of fused-ring (bicyclic) bond motifs is 1. The minimum absolute atomic E-state index is 0.114. The van der Waals surface area contributed by atoms with Crippen molar-refractivity contribution in [1.29, 1.82) is 0 Å². The predicted octanol–water partition coefficient (Wildman–Crippen LogP) is 2.52. The van der Waals surface area contributed by atoms with E-state index < -0.39 is 5.97 Å². The number of aromatic carboxylic acids is 1.